The standard InChI is InChI=1S/C25H32N6/c1-18(2)23-27-24(29-28-23)22-14-30(12-20-7-5-4-6-8-20)15-25(22)16-31(17-25)13-21-10-9-19(3)11-26-21/h4-11,18,22H,12-17H2,1-3H3,(H,27,28,29). The fourth-order valence-corrected chi connectivity index (χ4v) is 5.21. The lowest BCUT2D eigenvalue weighted by molar-refractivity contribution is -0.0118. The number of nitrogens with zero attached hydrogens (tertiary/aromatic N) is 5. The fourth-order valence-electron chi connectivity index (χ4n) is 5.21. The molecule has 0 saturated carbocycles. The highest BCUT2D eigenvalue weighted by Gasteiger charge is 2.55. The second kappa shape index (κ2) is 8.17. The van der Waals surface area contributed by atoms with Crippen LogP contribution in [0.4, 0.5) is 0 Å². The number of aromatic nitrogens is 4. The first-order chi connectivity index (χ1) is 15.0. The van der Waals surface area contributed by atoms with Crippen molar-refractivity contribution in [1.82, 2.24) is 30.0 Å². The molecule has 6 nitrogen and oxygen atoms in total. The predicted octanol–water partition coefficient (Wildman–Crippen LogP) is 3.73. The lowest BCUT2D eigenvalue weighted by atomic mass is 9.71. The fraction of sp³-hybridized carbons (Fsp3) is 0.480. The molecule has 4 heterocycles. The van der Waals surface area contributed by atoms with Crippen molar-refractivity contribution < 1.29 is 0 Å². The molecule has 2 saturated heterocycles. The number of H-pyrrole nitrogens is 1. The summed E-state index contributed by atoms with van der Waals surface area (Å²) in [6.45, 7) is 12.6. The maximum atomic E-state index is 4.91. The number of hydrogen-bond donors (Lipinski definition) is 1. The van der Waals surface area contributed by atoms with Gasteiger partial charge < -0.3 is 0 Å². The van der Waals surface area contributed by atoms with Crippen LogP contribution in [0, 0.1) is 12.3 Å². The third kappa shape index (κ3) is 4.14. The Hall–Kier alpha value is -2.57. The van der Waals surface area contributed by atoms with E-state index in [9.17, 15) is 0 Å². The zero-order valence-corrected chi connectivity index (χ0v) is 18.8. The van der Waals surface area contributed by atoms with Gasteiger partial charge in [0.2, 0.25) is 0 Å². The minimum absolute atomic E-state index is 0.229. The van der Waals surface area contributed by atoms with E-state index in [-0.39, 0.29) is 5.41 Å². The zero-order valence-electron chi connectivity index (χ0n) is 18.8. The molecule has 162 valence electrons. The van der Waals surface area contributed by atoms with Gasteiger partial charge in [0.25, 0.3) is 0 Å². The van der Waals surface area contributed by atoms with Crippen LogP contribution in [-0.2, 0) is 13.1 Å². The zero-order chi connectivity index (χ0) is 21.4. The summed E-state index contributed by atoms with van der Waals surface area (Å²) >= 11 is 0. The average molecular weight is 417 g/mol. The molecule has 31 heavy (non-hydrogen) atoms. The Bertz CT molecular complexity index is 1000. The topological polar surface area (TPSA) is 60.9 Å². The van der Waals surface area contributed by atoms with Crippen molar-refractivity contribution in [2.75, 3.05) is 26.2 Å². The summed E-state index contributed by atoms with van der Waals surface area (Å²) in [6, 6.07) is 15.1. The van der Waals surface area contributed by atoms with Gasteiger partial charge in [-0.2, -0.15) is 5.10 Å². The summed E-state index contributed by atoms with van der Waals surface area (Å²) in [5.74, 6) is 2.71. The number of nitrogens with one attached hydrogen (secondary N) is 1. The van der Waals surface area contributed by atoms with E-state index in [1.165, 1.54) is 11.1 Å². The van der Waals surface area contributed by atoms with Crippen LogP contribution in [0.25, 0.3) is 0 Å². The molecule has 1 unspecified atom stereocenters. The summed E-state index contributed by atoms with van der Waals surface area (Å²) in [5, 5.41) is 7.80. The maximum absolute atomic E-state index is 4.91. The normalized spacial score (nSPS) is 21.1. The molecule has 1 N–H and O–H groups in total. The number of aryl methyl sites for hydroxylation is 1. The molecule has 3 aromatic rings. The number of rotatable bonds is 6. The molecule has 0 bridgehead atoms. The van der Waals surface area contributed by atoms with E-state index in [0.29, 0.717) is 11.8 Å². The molecule has 1 spiro atoms. The van der Waals surface area contributed by atoms with Crippen molar-refractivity contribution in [3.05, 3.63) is 77.1 Å². The van der Waals surface area contributed by atoms with Gasteiger partial charge in [-0.25, -0.2) is 4.98 Å². The summed E-state index contributed by atoms with van der Waals surface area (Å²) < 4.78 is 0. The quantitative estimate of drug-likeness (QED) is 0.663. The second-order valence-corrected chi connectivity index (χ2v) is 9.78. The van der Waals surface area contributed by atoms with Gasteiger partial charge in [0, 0.05) is 62.7 Å². The first-order valence-corrected chi connectivity index (χ1v) is 11.3. The molecule has 5 rings (SSSR count). The number of hydrogen-bond acceptors (Lipinski definition) is 5. The van der Waals surface area contributed by atoms with E-state index < -0.39 is 0 Å². The molecule has 2 aliphatic heterocycles. The van der Waals surface area contributed by atoms with Crippen LogP contribution >= 0.6 is 0 Å². The van der Waals surface area contributed by atoms with Crippen molar-refractivity contribution in [2.24, 2.45) is 5.41 Å². The molecule has 1 atom stereocenters. The van der Waals surface area contributed by atoms with Gasteiger partial charge >= 0.3 is 0 Å². The highest BCUT2D eigenvalue weighted by atomic mass is 15.3. The van der Waals surface area contributed by atoms with E-state index in [0.717, 1.165) is 56.6 Å². The number of benzene rings is 1. The summed E-state index contributed by atoms with van der Waals surface area (Å²) in [7, 11) is 0. The van der Waals surface area contributed by atoms with Crippen molar-refractivity contribution in [3.63, 3.8) is 0 Å². The Kier molecular flexibility index (Phi) is 5.36. The highest BCUT2D eigenvalue weighted by Crippen LogP contribution is 2.49. The lowest BCUT2D eigenvalue weighted by Crippen LogP contribution is -2.59. The van der Waals surface area contributed by atoms with Gasteiger partial charge in [0.1, 0.15) is 5.82 Å². The molecule has 2 aromatic heterocycles. The minimum atomic E-state index is 0.229. The molecule has 1 aromatic carbocycles. The Morgan fingerprint density at radius 3 is 2.48 bits per heavy atom. The van der Waals surface area contributed by atoms with E-state index >= 15 is 0 Å². The van der Waals surface area contributed by atoms with Crippen molar-refractivity contribution in [1.29, 1.82) is 0 Å². The van der Waals surface area contributed by atoms with Crippen LogP contribution in [0.2, 0.25) is 0 Å². The first kappa shape index (κ1) is 20.3. The first-order valence-electron chi connectivity index (χ1n) is 11.3. The highest BCUT2D eigenvalue weighted by molar-refractivity contribution is 5.21. The molecule has 0 radical (unpaired) electrons. The van der Waals surface area contributed by atoms with Gasteiger partial charge in [-0.05, 0) is 24.1 Å². The van der Waals surface area contributed by atoms with Gasteiger partial charge in [0.05, 0.1) is 5.69 Å². The molecule has 6 heteroatoms. The van der Waals surface area contributed by atoms with Gasteiger partial charge in [-0.1, -0.05) is 50.2 Å². The minimum Gasteiger partial charge on any atom is -0.298 e. The van der Waals surface area contributed by atoms with Gasteiger partial charge in [-0.15, -0.1) is 0 Å². The van der Waals surface area contributed by atoms with Crippen LogP contribution in [0.3, 0.4) is 0 Å². The Morgan fingerprint density at radius 1 is 1.03 bits per heavy atom. The largest absolute Gasteiger partial charge is 0.298 e. The lowest BCUT2D eigenvalue weighted by Gasteiger charge is -2.50. The molecule has 2 aliphatic rings. The number of likely N-dealkylation sites (tertiary alicyclic amines) is 2. The average Bonchev–Trinajstić information content (AvgIpc) is 3.35. The van der Waals surface area contributed by atoms with E-state index in [1.54, 1.807) is 0 Å². The smallest absolute Gasteiger partial charge is 0.153 e. The monoisotopic (exact) mass is 416 g/mol. The summed E-state index contributed by atoms with van der Waals surface area (Å²) in [5.41, 5.74) is 3.96. The molecular formula is C25H32N6. The third-order valence-corrected chi connectivity index (χ3v) is 6.77. The SMILES string of the molecule is Cc1ccc(CN2CC3(CN(Cc4ccccc4)CC3c3nc(C(C)C)n[nH]3)C2)nc1. The van der Waals surface area contributed by atoms with E-state index in [4.69, 9.17) is 4.98 Å². The Balaban J connectivity index is 1.33. The Morgan fingerprint density at radius 2 is 1.81 bits per heavy atom. The predicted molar refractivity (Wildman–Crippen MR) is 122 cm³/mol. The van der Waals surface area contributed by atoms with E-state index in [2.05, 4.69) is 88.2 Å². The molecule has 0 aliphatic carbocycles. The van der Waals surface area contributed by atoms with Crippen molar-refractivity contribution in [3.8, 4) is 0 Å². The maximum Gasteiger partial charge on any atom is 0.153 e. The van der Waals surface area contributed by atoms with Crippen LogP contribution < -0.4 is 0 Å². The molecule has 2 fully saturated rings. The van der Waals surface area contributed by atoms with Crippen LogP contribution in [0.15, 0.2) is 48.7 Å². The van der Waals surface area contributed by atoms with Gasteiger partial charge in [0.15, 0.2) is 5.82 Å². The van der Waals surface area contributed by atoms with Crippen LogP contribution in [0.5, 0.6) is 0 Å². The van der Waals surface area contributed by atoms with Crippen LogP contribution in [-0.4, -0.2) is 56.1 Å². The second-order valence-electron chi connectivity index (χ2n) is 9.78. The van der Waals surface area contributed by atoms with E-state index in [1.807, 2.05) is 6.20 Å². The number of aromatic amines is 1. The summed E-state index contributed by atoms with van der Waals surface area (Å²) in [6.07, 6.45) is 1.97. The number of pyridine rings is 1. The van der Waals surface area contributed by atoms with Crippen molar-refractivity contribution >= 4 is 0 Å². The van der Waals surface area contributed by atoms with Crippen LogP contribution in [0.1, 0.15) is 54.2 Å². The Labute approximate surface area is 184 Å². The molecular weight excluding hydrogens is 384 g/mol. The van der Waals surface area contributed by atoms with Crippen molar-refractivity contribution in [2.45, 2.75) is 45.7 Å². The third-order valence-electron chi connectivity index (χ3n) is 6.77. The molecule has 0 amide bonds. The van der Waals surface area contributed by atoms with Gasteiger partial charge in [-0.3, -0.25) is 19.9 Å². The summed E-state index contributed by atoms with van der Waals surface area (Å²) in [4.78, 5) is 14.6.